The quantitative estimate of drug-likeness (QED) is 0.846. The van der Waals surface area contributed by atoms with Gasteiger partial charge in [0.05, 0.1) is 0 Å². The van der Waals surface area contributed by atoms with E-state index in [1.54, 1.807) is 6.07 Å². The predicted molar refractivity (Wildman–Crippen MR) is 68.2 cm³/mol. The number of pyridine rings is 1. The Morgan fingerprint density at radius 2 is 2.12 bits per heavy atom. The van der Waals surface area contributed by atoms with Gasteiger partial charge in [0, 0.05) is 23.7 Å². The topological polar surface area (TPSA) is 36.1 Å². The largest absolute Gasteiger partial charge is 0.326 e. The first-order valence-corrected chi connectivity index (χ1v) is 6.67. The van der Waals surface area contributed by atoms with Crippen molar-refractivity contribution >= 4 is 0 Å². The zero-order valence-electron chi connectivity index (χ0n) is 10.4. The van der Waals surface area contributed by atoms with E-state index in [0.717, 1.165) is 11.6 Å². The summed E-state index contributed by atoms with van der Waals surface area (Å²) in [5.41, 5.74) is 1.11. The molecule has 0 aromatic carbocycles. The zero-order valence-corrected chi connectivity index (χ0v) is 10.4. The van der Waals surface area contributed by atoms with Crippen LogP contribution in [0.3, 0.4) is 0 Å². The fraction of sp³-hybridized carbons (Fsp3) is 0.643. The molecule has 2 atom stereocenters. The van der Waals surface area contributed by atoms with Gasteiger partial charge in [0.1, 0.15) is 0 Å². The molecule has 1 aromatic heterocycles. The van der Waals surface area contributed by atoms with E-state index < -0.39 is 0 Å². The molecule has 3 nitrogen and oxygen atoms in total. The van der Waals surface area contributed by atoms with Gasteiger partial charge in [-0.3, -0.25) is 9.69 Å². The Labute approximate surface area is 102 Å². The number of hydrogen-bond donors (Lipinski definition) is 1. The summed E-state index contributed by atoms with van der Waals surface area (Å²) in [6.07, 6.45) is 4.04. The first-order valence-electron chi connectivity index (χ1n) is 6.67. The van der Waals surface area contributed by atoms with Crippen molar-refractivity contribution in [2.75, 3.05) is 13.1 Å². The molecule has 0 spiro atoms. The summed E-state index contributed by atoms with van der Waals surface area (Å²) in [6.45, 7) is 4.74. The summed E-state index contributed by atoms with van der Waals surface area (Å²) >= 11 is 0. The lowest BCUT2D eigenvalue weighted by atomic mass is 9.78. The predicted octanol–water partition coefficient (Wildman–Crippen LogP) is 1.96. The first-order chi connectivity index (χ1) is 8.24. The van der Waals surface area contributed by atoms with Gasteiger partial charge < -0.3 is 4.98 Å². The number of fused-ring (bicyclic) bond motifs is 3. The average molecular weight is 232 g/mol. The molecule has 3 aliphatic heterocycles. The lowest BCUT2D eigenvalue weighted by Gasteiger charge is -2.47. The second-order valence-corrected chi connectivity index (χ2v) is 5.54. The number of piperidine rings is 3. The van der Waals surface area contributed by atoms with Crippen LogP contribution in [0.1, 0.15) is 37.8 Å². The third kappa shape index (κ3) is 2.04. The third-order valence-electron chi connectivity index (χ3n) is 4.55. The van der Waals surface area contributed by atoms with Crippen molar-refractivity contribution in [3.8, 4) is 0 Å². The van der Waals surface area contributed by atoms with E-state index in [9.17, 15) is 4.79 Å². The minimum atomic E-state index is 0.0188. The Balaban J connectivity index is 1.82. The molecule has 3 fully saturated rings. The van der Waals surface area contributed by atoms with Crippen molar-refractivity contribution in [3.05, 3.63) is 34.2 Å². The Hall–Kier alpha value is -1.09. The molecule has 0 radical (unpaired) electrons. The van der Waals surface area contributed by atoms with Gasteiger partial charge in [-0.15, -0.1) is 0 Å². The Bertz CT molecular complexity index is 446. The maximum atomic E-state index is 11.4. The molecule has 0 aliphatic carbocycles. The SMILES string of the molecule is CC(c1cccc(=O)[nH]1)C1CC2CCN1CC2. The van der Waals surface area contributed by atoms with Crippen LogP contribution in [0.2, 0.25) is 0 Å². The molecule has 0 saturated carbocycles. The number of rotatable bonds is 2. The number of aromatic amines is 1. The molecule has 2 unspecified atom stereocenters. The zero-order chi connectivity index (χ0) is 11.8. The summed E-state index contributed by atoms with van der Waals surface area (Å²) in [5, 5.41) is 0. The van der Waals surface area contributed by atoms with Crippen LogP contribution in [0.4, 0.5) is 0 Å². The highest BCUT2D eigenvalue weighted by Gasteiger charge is 2.36. The van der Waals surface area contributed by atoms with Crippen molar-refractivity contribution in [2.24, 2.45) is 5.92 Å². The van der Waals surface area contributed by atoms with E-state index in [4.69, 9.17) is 0 Å². The Kier molecular flexibility index (Phi) is 2.79. The molecule has 3 saturated heterocycles. The van der Waals surface area contributed by atoms with Crippen molar-refractivity contribution < 1.29 is 0 Å². The monoisotopic (exact) mass is 232 g/mol. The lowest BCUT2D eigenvalue weighted by molar-refractivity contribution is 0.0370. The lowest BCUT2D eigenvalue weighted by Crippen LogP contribution is -2.50. The summed E-state index contributed by atoms with van der Waals surface area (Å²) < 4.78 is 0. The van der Waals surface area contributed by atoms with Crippen LogP contribution in [-0.2, 0) is 0 Å². The van der Waals surface area contributed by atoms with Crippen LogP contribution in [-0.4, -0.2) is 29.0 Å². The minimum absolute atomic E-state index is 0.0188. The van der Waals surface area contributed by atoms with Gasteiger partial charge in [-0.1, -0.05) is 13.0 Å². The molecule has 3 heteroatoms. The first kappa shape index (κ1) is 11.0. The van der Waals surface area contributed by atoms with Crippen molar-refractivity contribution in [3.63, 3.8) is 0 Å². The van der Waals surface area contributed by atoms with Gasteiger partial charge in [-0.05, 0) is 44.3 Å². The van der Waals surface area contributed by atoms with Crippen molar-refractivity contribution in [1.29, 1.82) is 0 Å². The summed E-state index contributed by atoms with van der Waals surface area (Å²) in [6, 6.07) is 6.13. The summed E-state index contributed by atoms with van der Waals surface area (Å²) in [5.74, 6) is 1.36. The maximum Gasteiger partial charge on any atom is 0.248 e. The van der Waals surface area contributed by atoms with Crippen LogP contribution in [0.5, 0.6) is 0 Å². The van der Waals surface area contributed by atoms with Crippen LogP contribution < -0.4 is 5.56 Å². The summed E-state index contributed by atoms with van der Waals surface area (Å²) in [7, 11) is 0. The highest BCUT2D eigenvalue weighted by atomic mass is 16.1. The Morgan fingerprint density at radius 1 is 1.35 bits per heavy atom. The molecule has 4 heterocycles. The van der Waals surface area contributed by atoms with E-state index >= 15 is 0 Å². The highest BCUT2D eigenvalue weighted by molar-refractivity contribution is 5.12. The second kappa shape index (κ2) is 4.30. The van der Waals surface area contributed by atoms with Crippen molar-refractivity contribution in [1.82, 2.24) is 9.88 Å². The second-order valence-electron chi connectivity index (χ2n) is 5.54. The van der Waals surface area contributed by atoms with E-state index in [1.165, 1.54) is 32.4 Å². The van der Waals surface area contributed by atoms with Crippen LogP contribution in [0.25, 0.3) is 0 Å². The van der Waals surface area contributed by atoms with Gasteiger partial charge in [-0.25, -0.2) is 0 Å². The minimum Gasteiger partial charge on any atom is -0.326 e. The highest BCUT2D eigenvalue weighted by Crippen LogP contribution is 2.37. The Morgan fingerprint density at radius 3 is 2.71 bits per heavy atom. The third-order valence-corrected chi connectivity index (χ3v) is 4.55. The fourth-order valence-electron chi connectivity index (χ4n) is 3.47. The van der Waals surface area contributed by atoms with E-state index in [2.05, 4.69) is 22.9 Å². The van der Waals surface area contributed by atoms with Crippen LogP contribution >= 0.6 is 0 Å². The number of nitrogens with zero attached hydrogens (tertiary/aromatic N) is 1. The summed E-state index contributed by atoms with van der Waals surface area (Å²) in [4.78, 5) is 17.0. The van der Waals surface area contributed by atoms with E-state index in [0.29, 0.717) is 12.0 Å². The standard InChI is InChI=1S/C14H20N2O/c1-10(12-3-2-4-14(17)15-12)13-9-11-5-7-16(13)8-6-11/h2-4,10-11,13H,5-9H2,1H3,(H,15,17). The number of hydrogen-bond acceptors (Lipinski definition) is 2. The number of nitrogens with one attached hydrogen (secondary N) is 1. The molecule has 3 aliphatic rings. The van der Waals surface area contributed by atoms with Crippen LogP contribution in [0.15, 0.2) is 23.0 Å². The van der Waals surface area contributed by atoms with Gasteiger partial charge >= 0.3 is 0 Å². The molecule has 92 valence electrons. The van der Waals surface area contributed by atoms with Gasteiger partial charge in [-0.2, -0.15) is 0 Å². The van der Waals surface area contributed by atoms with E-state index in [1.807, 2.05) is 6.07 Å². The van der Waals surface area contributed by atoms with Crippen molar-refractivity contribution in [2.45, 2.75) is 38.1 Å². The van der Waals surface area contributed by atoms with Gasteiger partial charge in [0.2, 0.25) is 5.56 Å². The maximum absolute atomic E-state index is 11.4. The smallest absolute Gasteiger partial charge is 0.248 e. The van der Waals surface area contributed by atoms with Gasteiger partial charge in [0.25, 0.3) is 0 Å². The molecule has 1 N–H and O–H groups in total. The molecular weight excluding hydrogens is 212 g/mol. The number of H-pyrrole nitrogens is 1. The van der Waals surface area contributed by atoms with Gasteiger partial charge in [0.15, 0.2) is 0 Å². The fourth-order valence-corrected chi connectivity index (χ4v) is 3.47. The molecular formula is C14H20N2O. The normalized spacial score (nSPS) is 33.6. The van der Waals surface area contributed by atoms with Crippen LogP contribution in [0, 0.1) is 5.92 Å². The number of aromatic nitrogens is 1. The molecule has 1 aromatic rings. The average Bonchev–Trinajstić information content (AvgIpc) is 2.39. The molecule has 0 amide bonds. The molecule has 4 rings (SSSR count). The van der Waals surface area contributed by atoms with E-state index in [-0.39, 0.29) is 5.56 Å². The molecule has 17 heavy (non-hydrogen) atoms. The molecule has 2 bridgehead atoms.